The van der Waals surface area contributed by atoms with Crippen LogP contribution in [0, 0.1) is 0 Å². The molecule has 2 amide bonds. The van der Waals surface area contributed by atoms with E-state index in [2.05, 4.69) is 10.6 Å². The first-order valence-electron chi connectivity index (χ1n) is 7.53. The Labute approximate surface area is 144 Å². The Kier molecular flexibility index (Phi) is 5.73. The van der Waals surface area contributed by atoms with Crippen molar-refractivity contribution in [3.05, 3.63) is 54.1 Å². The molecule has 0 heterocycles. The van der Waals surface area contributed by atoms with Crippen LogP contribution in [0.3, 0.4) is 0 Å². The summed E-state index contributed by atoms with van der Waals surface area (Å²) >= 11 is 0. The molecule has 1 atom stereocenters. The zero-order valence-corrected chi connectivity index (χ0v) is 13.8. The molecule has 0 spiro atoms. The van der Waals surface area contributed by atoms with E-state index < -0.39 is 18.0 Å². The molecular weight excluding hydrogens is 324 g/mol. The topological polar surface area (TPSA) is 105 Å². The Morgan fingerprint density at radius 1 is 0.920 bits per heavy atom. The average Bonchev–Trinajstić information content (AvgIpc) is 2.56. The molecule has 0 aromatic heterocycles. The lowest BCUT2D eigenvalue weighted by Crippen LogP contribution is -2.30. The zero-order valence-electron chi connectivity index (χ0n) is 13.8. The second-order valence-electron chi connectivity index (χ2n) is 5.34. The number of aromatic hydroxyl groups is 1. The summed E-state index contributed by atoms with van der Waals surface area (Å²) < 4.78 is 5.10. The van der Waals surface area contributed by atoms with Crippen molar-refractivity contribution < 1.29 is 24.2 Å². The number of phenols is 1. The fourth-order valence-electron chi connectivity index (χ4n) is 1.96. The van der Waals surface area contributed by atoms with Crippen molar-refractivity contribution in [2.75, 3.05) is 10.6 Å². The predicted molar refractivity (Wildman–Crippen MR) is 92.4 cm³/mol. The van der Waals surface area contributed by atoms with Gasteiger partial charge in [0.15, 0.2) is 6.10 Å². The van der Waals surface area contributed by atoms with Crippen LogP contribution in [-0.2, 0) is 14.3 Å². The van der Waals surface area contributed by atoms with Gasteiger partial charge in [0.1, 0.15) is 5.75 Å². The Balaban J connectivity index is 1.92. The van der Waals surface area contributed by atoms with Gasteiger partial charge in [-0.15, -0.1) is 0 Å². The van der Waals surface area contributed by atoms with Crippen LogP contribution in [0.2, 0.25) is 0 Å². The molecule has 0 aliphatic heterocycles. The van der Waals surface area contributed by atoms with Gasteiger partial charge in [-0.1, -0.05) is 0 Å². The van der Waals surface area contributed by atoms with Crippen LogP contribution in [0.25, 0.3) is 0 Å². The van der Waals surface area contributed by atoms with Crippen LogP contribution in [0.15, 0.2) is 48.5 Å². The normalized spacial score (nSPS) is 11.3. The quantitative estimate of drug-likeness (QED) is 0.724. The molecule has 0 unspecified atom stereocenters. The second-order valence-corrected chi connectivity index (χ2v) is 5.34. The molecule has 25 heavy (non-hydrogen) atoms. The fraction of sp³-hybridized carbons (Fsp3) is 0.167. The highest BCUT2D eigenvalue weighted by molar-refractivity contribution is 5.97. The van der Waals surface area contributed by atoms with Gasteiger partial charge in [0.05, 0.1) is 5.56 Å². The Morgan fingerprint density at radius 2 is 1.44 bits per heavy atom. The van der Waals surface area contributed by atoms with E-state index in [1.165, 1.54) is 38.1 Å². The zero-order chi connectivity index (χ0) is 18.4. The molecule has 7 nitrogen and oxygen atoms in total. The number of hydrogen-bond acceptors (Lipinski definition) is 5. The second kappa shape index (κ2) is 7.96. The summed E-state index contributed by atoms with van der Waals surface area (Å²) in [5, 5.41) is 14.4. The summed E-state index contributed by atoms with van der Waals surface area (Å²) in [6.45, 7) is 2.86. The van der Waals surface area contributed by atoms with Gasteiger partial charge >= 0.3 is 5.97 Å². The van der Waals surface area contributed by atoms with E-state index in [1.807, 2.05) is 0 Å². The summed E-state index contributed by atoms with van der Waals surface area (Å²) in [5.74, 6) is -1.31. The number of rotatable bonds is 5. The number of hydrogen-bond donors (Lipinski definition) is 3. The molecular formula is C18H18N2O5. The first kappa shape index (κ1) is 18.0. The van der Waals surface area contributed by atoms with Crippen molar-refractivity contribution in [1.29, 1.82) is 0 Å². The number of nitrogens with one attached hydrogen (secondary N) is 2. The van der Waals surface area contributed by atoms with E-state index in [0.29, 0.717) is 11.4 Å². The lowest BCUT2D eigenvalue weighted by atomic mass is 10.2. The highest BCUT2D eigenvalue weighted by atomic mass is 16.5. The van der Waals surface area contributed by atoms with E-state index in [0.717, 1.165) is 0 Å². The Bertz CT molecular complexity index is 769. The number of ether oxygens (including phenoxy) is 1. The van der Waals surface area contributed by atoms with Crippen LogP contribution in [-0.4, -0.2) is 29.0 Å². The van der Waals surface area contributed by atoms with E-state index >= 15 is 0 Å². The third-order valence-corrected chi connectivity index (χ3v) is 3.23. The maximum Gasteiger partial charge on any atom is 0.338 e. The van der Waals surface area contributed by atoms with Crippen molar-refractivity contribution in [1.82, 2.24) is 0 Å². The average molecular weight is 342 g/mol. The molecule has 130 valence electrons. The van der Waals surface area contributed by atoms with Crippen molar-refractivity contribution in [3.8, 4) is 5.75 Å². The number of esters is 1. The monoisotopic (exact) mass is 342 g/mol. The third-order valence-electron chi connectivity index (χ3n) is 3.23. The lowest BCUT2D eigenvalue weighted by Gasteiger charge is -2.14. The van der Waals surface area contributed by atoms with Crippen molar-refractivity contribution in [2.45, 2.75) is 20.0 Å². The van der Waals surface area contributed by atoms with Crippen LogP contribution in [0.5, 0.6) is 5.75 Å². The summed E-state index contributed by atoms with van der Waals surface area (Å²) in [5.41, 5.74) is 1.35. The molecule has 2 aromatic rings. The smallest absolute Gasteiger partial charge is 0.338 e. The fourth-order valence-corrected chi connectivity index (χ4v) is 1.96. The van der Waals surface area contributed by atoms with Crippen molar-refractivity contribution in [2.24, 2.45) is 0 Å². The molecule has 0 radical (unpaired) electrons. The molecule has 7 heteroatoms. The molecule has 0 fully saturated rings. The Hall–Kier alpha value is -3.35. The van der Waals surface area contributed by atoms with Gasteiger partial charge in [0, 0.05) is 18.3 Å². The number of phenolic OH excluding ortho intramolecular Hbond substituents is 1. The predicted octanol–water partition coefficient (Wildman–Crippen LogP) is 2.53. The maximum atomic E-state index is 12.1. The number of carbonyl (C=O) groups excluding carboxylic acids is 3. The molecule has 2 rings (SSSR count). The first-order chi connectivity index (χ1) is 11.8. The van der Waals surface area contributed by atoms with Crippen molar-refractivity contribution >= 4 is 29.2 Å². The molecule has 0 aliphatic carbocycles. The van der Waals surface area contributed by atoms with Gasteiger partial charge in [-0.05, 0) is 55.5 Å². The van der Waals surface area contributed by atoms with Crippen LogP contribution >= 0.6 is 0 Å². The summed E-state index contributed by atoms with van der Waals surface area (Å²) in [6.07, 6.45) is -1.00. The van der Waals surface area contributed by atoms with E-state index in [-0.39, 0.29) is 17.2 Å². The molecule has 3 N–H and O–H groups in total. The van der Waals surface area contributed by atoms with Gasteiger partial charge in [0.25, 0.3) is 5.91 Å². The van der Waals surface area contributed by atoms with Gasteiger partial charge in [-0.25, -0.2) is 4.79 Å². The molecule has 0 saturated heterocycles. The van der Waals surface area contributed by atoms with Crippen LogP contribution < -0.4 is 10.6 Å². The molecule has 0 saturated carbocycles. The van der Waals surface area contributed by atoms with E-state index in [9.17, 15) is 19.5 Å². The largest absolute Gasteiger partial charge is 0.508 e. The minimum atomic E-state index is -1.00. The number of anilines is 2. The third kappa shape index (κ3) is 5.35. The van der Waals surface area contributed by atoms with Gasteiger partial charge in [-0.3, -0.25) is 9.59 Å². The van der Waals surface area contributed by atoms with Gasteiger partial charge in [-0.2, -0.15) is 0 Å². The Morgan fingerprint density at radius 3 is 1.96 bits per heavy atom. The maximum absolute atomic E-state index is 12.1. The standard InChI is InChI=1S/C18H18N2O5/c1-11(25-18(24)13-3-9-16(22)10-4-13)17(23)20-15-7-5-14(6-8-15)19-12(2)21/h3-11,22H,1-2H3,(H,19,21)(H,20,23)/t11-/m0/s1. The lowest BCUT2D eigenvalue weighted by molar-refractivity contribution is -0.123. The van der Waals surface area contributed by atoms with Gasteiger partial charge in [0.2, 0.25) is 5.91 Å². The number of benzene rings is 2. The van der Waals surface area contributed by atoms with Crippen LogP contribution in [0.1, 0.15) is 24.2 Å². The summed E-state index contributed by atoms with van der Waals surface area (Å²) in [6, 6.07) is 12.1. The molecule has 0 aliphatic rings. The number of amides is 2. The highest BCUT2D eigenvalue weighted by Gasteiger charge is 2.19. The summed E-state index contributed by atoms with van der Waals surface area (Å²) in [7, 11) is 0. The SMILES string of the molecule is CC(=O)Nc1ccc(NC(=O)[C@H](C)OC(=O)c2ccc(O)cc2)cc1. The first-order valence-corrected chi connectivity index (χ1v) is 7.53. The van der Waals surface area contributed by atoms with Gasteiger partial charge < -0.3 is 20.5 Å². The summed E-state index contributed by atoms with van der Waals surface area (Å²) in [4.78, 5) is 35.0. The molecule has 2 aromatic carbocycles. The number of carbonyl (C=O) groups is 3. The van der Waals surface area contributed by atoms with Crippen molar-refractivity contribution in [3.63, 3.8) is 0 Å². The highest BCUT2D eigenvalue weighted by Crippen LogP contribution is 2.15. The minimum Gasteiger partial charge on any atom is -0.508 e. The van der Waals surface area contributed by atoms with E-state index in [1.54, 1.807) is 24.3 Å². The van der Waals surface area contributed by atoms with E-state index in [4.69, 9.17) is 4.74 Å². The van der Waals surface area contributed by atoms with Crippen LogP contribution in [0.4, 0.5) is 11.4 Å². The minimum absolute atomic E-state index is 0.0325. The molecule has 0 bridgehead atoms.